The predicted octanol–water partition coefficient (Wildman–Crippen LogP) is 4.48. The summed E-state index contributed by atoms with van der Waals surface area (Å²) >= 11 is 1.66. The number of hydrogen-bond acceptors (Lipinski definition) is 2. The zero-order valence-electron chi connectivity index (χ0n) is 11.0. The van der Waals surface area contributed by atoms with Crippen molar-refractivity contribution in [1.82, 2.24) is 0 Å². The summed E-state index contributed by atoms with van der Waals surface area (Å²) in [5.74, 6) is 0. The third-order valence-electron chi connectivity index (χ3n) is 3.15. The Bertz CT molecular complexity index is 484. The van der Waals surface area contributed by atoms with Crippen molar-refractivity contribution < 1.29 is 5.11 Å². The maximum absolute atomic E-state index is 10.3. The molecule has 0 radical (unpaired) electrons. The van der Waals surface area contributed by atoms with Gasteiger partial charge in [-0.1, -0.05) is 37.6 Å². The molecule has 1 aromatic heterocycles. The van der Waals surface area contributed by atoms with Crippen molar-refractivity contribution in [3.63, 3.8) is 0 Å². The molecule has 0 aliphatic heterocycles. The third-order valence-corrected chi connectivity index (χ3v) is 4.20. The van der Waals surface area contributed by atoms with Crippen LogP contribution in [0.2, 0.25) is 0 Å². The van der Waals surface area contributed by atoms with Crippen molar-refractivity contribution >= 4 is 11.3 Å². The van der Waals surface area contributed by atoms with Crippen LogP contribution in [0.25, 0.3) is 0 Å². The highest BCUT2D eigenvalue weighted by Gasteiger charge is 2.11. The van der Waals surface area contributed by atoms with Crippen LogP contribution in [0.5, 0.6) is 0 Å². The molecule has 0 aliphatic carbocycles. The van der Waals surface area contributed by atoms with E-state index in [0.29, 0.717) is 0 Å². The Kier molecular flexibility index (Phi) is 4.56. The third kappa shape index (κ3) is 3.21. The molecular weight excluding hydrogens is 240 g/mol. The van der Waals surface area contributed by atoms with Gasteiger partial charge < -0.3 is 5.11 Å². The highest BCUT2D eigenvalue weighted by atomic mass is 32.1. The van der Waals surface area contributed by atoms with Crippen LogP contribution in [0.15, 0.2) is 36.4 Å². The van der Waals surface area contributed by atoms with Gasteiger partial charge in [-0.25, -0.2) is 0 Å². The van der Waals surface area contributed by atoms with E-state index in [1.807, 2.05) is 18.2 Å². The van der Waals surface area contributed by atoms with Crippen molar-refractivity contribution in [1.29, 1.82) is 0 Å². The first-order chi connectivity index (χ1) is 8.70. The average Bonchev–Trinajstić information content (AvgIpc) is 2.83. The van der Waals surface area contributed by atoms with Gasteiger partial charge in [-0.2, -0.15) is 0 Å². The highest BCUT2D eigenvalue weighted by molar-refractivity contribution is 7.12. The summed E-state index contributed by atoms with van der Waals surface area (Å²) in [4.78, 5) is 2.26. The molecule has 1 aromatic carbocycles. The molecule has 2 aromatic rings. The van der Waals surface area contributed by atoms with Gasteiger partial charge in [-0.15, -0.1) is 11.3 Å². The van der Waals surface area contributed by atoms with Gasteiger partial charge in [0, 0.05) is 9.75 Å². The second kappa shape index (κ2) is 6.17. The molecule has 0 amide bonds. The van der Waals surface area contributed by atoms with E-state index in [2.05, 4.69) is 32.0 Å². The monoisotopic (exact) mass is 260 g/mol. The molecule has 0 aliphatic rings. The van der Waals surface area contributed by atoms with Gasteiger partial charge in [-0.3, -0.25) is 0 Å². The maximum atomic E-state index is 10.3. The molecule has 0 spiro atoms. The van der Waals surface area contributed by atoms with E-state index in [9.17, 15) is 5.11 Å². The SMILES string of the molecule is CCCCc1ccc([C@H](O)c2ccc(C)s2)cc1. The summed E-state index contributed by atoms with van der Waals surface area (Å²) in [6.07, 6.45) is 3.10. The molecule has 2 heteroatoms. The molecule has 0 bridgehead atoms. The van der Waals surface area contributed by atoms with Crippen LogP contribution in [0.1, 0.15) is 46.8 Å². The zero-order chi connectivity index (χ0) is 13.0. The quantitative estimate of drug-likeness (QED) is 0.840. The van der Waals surface area contributed by atoms with E-state index in [4.69, 9.17) is 0 Å². The minimum Gasteiger partial charge on any atom is -0.383 e. The second-order valence-corrected chi connectivity index (χ2v) is 6.02. The number of aliphatic hydroxyl groups excluding tert-OH is 1. The van der Waals surface area contributed by atoms with Crippen LogP contribution in [0.4, 0.5) is 0 Å². The van der Waals surface area contributed by atoms with Crippen LogP contribution in [-0.4, -0.2) is 5.11 Å². The highest BCUT2D eigenvalue weighted by Crippen LogP contribution is 2.28. The molecule has 0 saturated carbocycles. The fourth-order valence-corrected chi connectivity index (χ4v) is 2.90. The number of unbranched alkanes of at least 4 members (excludes halogenated alkanes) is 1. The van der Waals surface area contributed by atoms with Crippen LogP contribution in [0, 0.1) is 6.92 Å². The van der Waals surface area contributed by atoms with Crippen molar-refractivity contribution in [2.24, 2.45) is 0 Å². The summed E-state index contributed by atoms with van der Waals surface area (Å²) in [5.41, 5.74) is 2.34. The van der Waals surface area contributed by atoms with Crippen LogP contribution < -0.4 is 0 Å². The second-order valence-electron chi connectivity index (χ2n) is 4.70. The Balaban J connectivity index is 2.09. The summed E-state index contributed by atoms with van der Waals surface area (Å²) in [5, 5.41) is 10.3. The van der Waals surface area contributed by atoms with Crippen molar-refractivity contribution in [2.45, 2.75) is 39.2 Å². The van der Waals surface area contributed by atoms with Crippen LogP contribution in [0.3, 0.4) is 0 Å². The Morgan fingerprint density at radius 3 is 2.39 bits per heavy atom. The number of aliphatic hydroxyl groups is 1. The molecule has 18 heavy (non-hydrogen) atoms. The van der Waals surface area contributed by atoms with E-state index >= 15 is 0 Å². The standard InChI is InChI=1S/C16H20OS/c1-3-4-5-13-7-9-14(10-8-13)16(17)15-11-6-12(2)18-15/h6-11,16-17H,3-5H2,1-2H3/t16-/m0/s1. The Morgan fingerprint density at radius 1 is 1.11 bits per heavy atom. The minimum absolute atomic E-state index is 0.482. The minimum atomic E-state index is -0.482. The lowest BCUT2D eigenvalue weighted by Crippen LogP contribution is -1.97. The normalized spacial score (nSPS) is 12.6. The number of benzene rings is 1. The molecule has 1 nitrogen and oxygen atoms in total. The molecular formula is C16H20OS. The number of thiophene rings is 1. The first-order valence-electron chi connectivity index (χ1n) is 6.54. The first-order valence-corrected chi connectivity index (χ1v) is 7.35. The van der Waals surface area contributed by atoms with E-state index in [-0.39, 0.29) is 0 Å². The van der Waals surface area contributed by atoms with Gasteiger partial charge in [0.1, 0.15) is 6.10 Å². The lowest BCUT2D eigenvalue weighted by atomic mass is 10.0. The largest absolute Gasteiger partial charge is 0.383 e. The molecule has 0 fully saturated rings. The first kappa shape index (κ1) is 13.3. The van der Waals surface area contributed by atoms with Gasteiger partial charge in [0.2, 0.25) is 0 Å². The fourth-order valence-electron chi connectivity index (χ4n) is 2.01. The number of rotatable bonds is 5. The summed E-state index contributed by atoms with van der Waals surface area (Å²) in [7, 11) is 0. The van der Waals surface area contributed by atoms with Crippen LogP contribution >= 0.6 is 11.3 Å². The Morgan fingerprint density at radius 2 is 1.83 bits per heavy atom. The smallest absolute Gasteiger partial charge is 0.113 e. The molecule has 0 saturated heterocycles. The van der Waals surface area contributed by atoms with Gasteiger partial charge >= 0.3 is 0 Å². The summed E-state index contributed by atoms with van der Waals surface area (Å²) < 4.78 is 0. The number of hydrogen-bond donors (Lipinski definition) is 1. The van der Waals surface area contributed by atoms with Crippen LogP contribution in [-0.2, 0) is 6.42 Å². The van der Waals surface area contributed by atoms with E-state index in [1.54, 1.807) is 11.3 Å². The molecule has 1 atom stereocenters. The molecule has 96 valence electrons. The van der Waals surface area contributed by atoms with E-state index in [0.717, 1.165) is 16.9 Å². The van der Waals surface area contributed by atoms with Crippen molar-refractivity contribution in [3.05, 3.63) is 57.3 Å². The summed E-state index contributed by atoms with van der Waals surface area (Å²) in [6, 6.07) is 12.4. The zero-order valence-corrected chi connectivity index (χ0v) is 11.8. The number of aryl methyl sites for hydroxylation is 2. The van der Waals surface area contributed by atoms with Crippen molar-refractivity contribution in [3.8, 4) is 0 Å². The topological polar surface area (TPSA) is 20.2 Å². The molecule has 0 unspecified atom stereocenters. The molecule has 1 heterocycles. The maximum Gasteiger partial charge on any atom is 0.113 e. The van der Waals surface area contributed by atoms with E-state index < -0.39 is 6.10 Å². The predicted molar refractivity (Wildman–Crippen MR) is 78.2 cm³/mol. The Hall–Kier alpha value is -1.12. The molecule has 2 rings (SSSR count). The van der Waals surface area contributed by atoms with Gasteiger partial charge in [0.15, 0.2) is 0 Å². The summed E-state index contributed by atoms with van der Waals surface area (Å²) in [6.45, 7) is 4.27. The van der Waals surface area contributed by atoms with Crippen molar-refractivity contribution in [2.75, 3.05) is 0 Å². The lowest BCUT2D eigenvalue weighted by molar-refractivity contribution is 0.224. The van der Waals surface area contributed by atoms with E-state index in [1.165, 1.54) is 23.3 Å². The average molecular weight is 260 g/mol. The lowest BCUT2D eigenvalue weighted by Gasteiger charge is -2.09. The van der Waals surface area contributed by atoms with Gasteiger partial charge in [-0.05, 0) is 43.0 Å². The fraction of sp³-hybridized carbons (Fsp3) is 0.375. The Labute approximate surface area is 113 Å². The van der Waals surface area contributed by atoms with Gasteiger partial charge in [0.05, 0.1) is 0 Å². The van der Waals surface area contributed by atoms with Gasteiger partial charge in [0.25, 0.3) is 0 Å². The molecule has 1 N–H and O–H groups in total.